The van der Waals surface area contributed by atoms with E-state index in [1.54, 1.807) is 11.2 Å². The summed E-state index contributed by atoms with van der Waals surface area (Å²) in [5.74, 6) is -1.30. The minimum absolute atomic E-state index is 0.0373. The molecule has 1 aromatic carbocycles. The molecular formula is C17H19NO4. The van der Waals surface area contributed by atoms with Crippen molar-refractivity contribution in [3.05, 3.63) is 35.1 Å². The van der Waals surface area contributed by atoms with Crippen LogP contribution in [0, 0.1) is 19.8 Å². The van der Waals surface area contributed by atoms with Gasteiger partial charge in [-0.3, -0.25) is 9.59 Å². The molecule has 1 atom stereocenters. The van der Waals surface area contributed by atoms with Gasteiger partial charge >= 0.3 is 5.97 Å². The van der Waals surface area contributed by atoms with Crippen molar-refractivity contribution in [3.63, 3.8) is 0 Å². The highest BCUT2D eigenvalue weighted by molar-refractivity contribution is 5.90. The Morgan fingerprint density at radius 1 is 1.36 bits per heavy atom. The zero-order valence-corrected chi connectivity index (χ0v) is 12.8. The van der Waals surface area contributed by atoms with Crippen LogP contribution in [0.15, 0.2) is 22.8 Å². The maximum Gasteiger partial charge on any atom is 0.308 e. The standard InChI is InChI=1S/C17H19NO4/c1-10-3-4-14-13(9-22-16(14)11(10)2)7-15(19)18-6-5-12(8-18)17(20)21/h3-4,9,12H,5-8H2,1-2H3,(H,20,21). The topological polar surface area (TPSA) is 70.8 Å². The monoisotopic (exact) mass is 301 g/mol. The third-order valence-electron chi connectivity index (χ3n) is 4.57. The Morgan fingerprint density at radius 2 is 2.14 bits per heavy atom. The van der Waals surface area contributed by atoms with Crippen LogP contribution in [0.3, 0.4) is 0 Å². The predicted molar refractivity (Wildman–Crippen MR) is 81.7 cm³/mol. The van der Waals surface area contributed by atoms with E-state index in [0.717, 1.165) is 27.7 Å². The number of nitrogens with zero attached hydrogens (tertiary/aromatic N) is 1. The molecule has 1 aromatic heterocycles. The molecule has 0 saturated carbocycles. The molecule has 1 aliphatic heterocycles. The lowest BCUT2D eigenvalue weighted by atomic mass is 10.0. The SMILES string of the molecule is Cc1ccc2c(CC(=O)N3CCC(C(=O)O)C3)coc2c1C. The Balaban J connectivity index is 1.78. The molecule has 5 nitrogen and oxygen atoms in total. The second-order valence-electron chi connectivity index (χ2n) is 5.99. The van der Waals surface area contributed by atoms with E-state index in [4.69, 9.17) is 9.52 Å². The summed E-state index contributed by atoms with van der Waals surface area (Å²) in [7, 11) is 0. The molecule has 1 aliphatic rings. The molecule has 22 heavy (non-hydrogen) atoms. The Kier molecular flexibility index (Phi) is 3.64. The number of benzene rings is 1. The van der Waals surface area contributed by atoms with Crippen LogP contribution in [-0.2, 0) is 16.0 Å². The third kappa shape index (κ3) is 2.47. The van der Waals surface area contributed by atoms with Gasteiger partial charge in [0.2, 0.25) is 5.91 Å². The number of fused-ring (bicyclic) bond motifs is 1. The molecule has 2 heterocycles. The first-order valence-electron chi connectivity index (χ1n) is 7.44. The maximum atomic E-state index is 12.4. The van der Waals surface area contributed by atoms with E-state index in [1.807, 2.05) is 26.0 Å². The van der Waals surface area contributed by atoms with Crippen LogP contribution in [0.4, 0.5) is 0 Å². The lowest BCUT2D eigenvalue weighted by Crippen LogP contribution is -2.31. The van der Waals surface area contributed by atoms with Crippen molar-refractivity contribution in [1.29, 1.82) is 0 Å². The summed E-state index contributed by atoms with van der Waals surface area (Å²) in [5, 5.41) is 9.98. The summed E-state index contributed by atoms with van der Waals surface area (Å²) in [6, 6.07) is 4.01. The Morgan fingerprint density at radius 3 is 2.82 bits per heavy atom. The number of aryl methyl sites for hydroxylation is 2. The highest BCUT2D eigenvalue weighted by Crippen LogP contribution is 2.27. The first kappa shape index (κ1) is 14.6. The molecule has 1 unspecified atom stereocenters. The normalized spacial score (nSPS) is 18.1. The van der Waals surface area contributed by atoms with E-state index < -0.39 is 11.9 Å². The average molecular weight is 301 g/mol. The lowest BCUT2D eigenvalue weighted by Gasteiger charge is -2.15. The number of rotatable bonds is 3. The number of aliphatic carboxylic acids is 1. The van der Waals surface area contributed by atoms with Crippen LogP contribution in [0.1, 0.15) is 23.1 Å². The number of hydrogen-bond acceptors (Lipinski definition) is 3. The minimum atomic E-state index is -0.824. The lowest BCUT2D eigenvalue weighted by molar-refractivity contribution is -0.141. The number of hydrogen-bond donors (Lipinski definition) is 1. The van der Waals surface area contributed by atoms with Gasteiger partial charge < -0.3 is 14.4 Å². The summed E-state index contributed by atoms with van der Waals surface area (Å²) in [6.07, 6.45) is 2.42. The first-order chi connectivity index (χ1) is 10.5. The maximum absolute atomic E-state index is 12.4. The summed E-state index contributed by atoms with van der Waals surface area (Å²) in [4.78, 5) is 25.0. The molecule has 0 bridgehead atoms. The van der Waals surface area contributed by atoms with Gasteiger partial charge in [0.05, 0.1) is 18.6 Å². The predicted octanol–water partition coefficient (Wildman–Crippen LogP) is 2.53. The van der Waals surface area contributed by atoms with Crippen LogP contribution >= 0.6 is 0 Å². The van der Waals surface area contributed by atoms with Crippen molar-refractivity contribution in [3.8, 4) is 0 Å². The van der Waals surface area contributed by atoms with Crippen LogP contribution in [0.5, 0.6) is 0 Å². The van der Waals surface area contributed by atoms with Gasteiger partial charge in [-0.05, 0) is 31.4 Å². The van der Waals surface area contributed by atoms with Crippen molar-refractivity contribution in [2.75, 3.05) is 13.1 Å². The van der Waals surface area contributed by atoms with Crippen LogP contribution in [0.25, 0.3) is 11.0 Å². The van der Waals surface area contributed by atoms with E-state index in [0.29, 0.717) is 19.5 Å². The van der Waals surface area contributed by atoms with Gasteiger partial charge in [-0.1, -0.05) is 12.1 Å². The molecule has 3 rings (SSSR count). The van der Waals surface area contributed by atoms with Crippen molar-refractivity contribution in [1.82, 2.24) is 4.90 Å². The number of carboxylic acids is 1. The van der Waals surface area contributed by atoms with Crippen molar-refractivity contribution < 1.29 is 19.1 Å². The van der Waals surface area contributed by atoms with Gasteiger partial charge in [0.15, 0.2) is 0 Å². The summed E-state index contributed by atoms with van der Waals surface area (Å²) in [5.41, 5.74) is 3.93. The van der Waals surface area contributed by atoms with E-state index in [1.165, 1.54) is 0 Å². The smallest absolute Gasteiger partial charge is 0.308 e. The van der Waals surface area contributed by atoms with Gasteiger partial charge in [-0.15, -0.1) is 0 Å². The summed E-state index contributed by atoms with van der Waals surface area (Å²) in [6.45, 7) is 4.86. The van der Waals surface area contributed by atoms with Gasteiger partial charge in [0.25, 0.3) is 0 Å². The molecule has 1 fully saturated rings. The van der Waals surface area contributed by atoms with Crippen molar-refractivity contribution >= 4 is 22.8 Å². The Bertz CT molecular complexity index is 746. The van der Waals surface area contributed by atoms with Crippen LogP contribution < -0.4 is 0 Å². The Labute approximate surface area is 128 Å². The number of likely N-dealkylation sites (tertiary alicyclic amines) is 1. The number of carbonyl (C=O) groups is 2. The average Bonchev–Trinajstić information content (AvgIpc) is 3.10. The second kappa shape index (κ2) is 5.48. The number of carboxylic acid groups (broad SMARTS) is 1. The van der Waals surface area contributed by atoms with E-state index >= 15 is 0 Å². The quantitative estimate of drug-likeness (QED) is 0.945. The molecule has 5 heteroatoms. The van der Waals surface area contributed by atoms with Crippen LogP contribution in [0.2, 0.25) is 0 Å². The summed E-state index contributed by atoms with van der Waals surface area (Å²) < 4.78 is 5.62. The first-order valence-corrected chi connectivity index (χ1v) is 7.44. The van der Waals surface area contributed by atoms with Crippen LogP contribution in [-0.4, -0.2) is 35.0 Å². The molecule has 0 radical (unpaired) electrons. The fourth-order valence-corrected chi connectivity index (χ4v) is 2.99. The fraction of sp³-hybridized carbons (Fsp3) is 0.412. The molecule has 1 amide bonds. The molecule has 116 valence electrons. The Hall–Kier alpha value is -2.30. The van der Waals surface area contributed by atoms with E-state index in [2.05, 4.69) is 0 Å². The molecule has 0 aliphatic carbocycles. The van der Waals surface area contributed by atoms with E-state index in [-0.39, 0.29) is 12.3 Å². The minimum Gasteiger partial charge on any atom is -0.481 e. The zero-order chi connectivity index (χ0) is 15.9. The van der Waals surface area contributed by atoms with Gasteiger partial charge in [-0.2, -0.15) is 0 Å². The van der Waals surface area contributed by atoms with Gasteiger partial charge in [0, 0.05) is 24.0 Å². The zero-order valence-electron chi connectivity index (χ0n) is 12.8. The number of furan rings is 1. The highest BCUT2D eigenvalue weighted by Gasteiger charge is 2.31. The molecule has 1 N–H and O–H groups in total. The molecular weight excluding hydrogens is 282 g/mol. The number of amides is 1. The van der Waals surface area contributed by atoms with Gasteiger partial charge in [-0.25, -0.2) is 0 Å². The van der Waals surface area contributed by atoms with Gasteiger partial charge in [0.1, 0.15) is 5.58 Å². The third-order valence-corrected chi connectivity index (χ3v) is 4.57. The molecule has 2 aromatic rings. The second-order valence-corrected chi connectivity index (χ2v) is 5.99. The molecule has 0 spiro atoms. The largest absolute Gasteiger partial charge is 0.481 e. The van der Waals surface area contributed by atoms with Crippen molar-refractivity contribution in [2.24, 2.45) is 5.92 Å². The number of carbonyl (C=O) groups excluding carboxylic acids is 1. The molecule has 1 saturated heterocycles. The van der Waals surface area contributed by atoms with Crippen molar-refractivity contribution in [2.45, 2.75) is 26.7 Å². The fourth-order valence-electron chi connectivity index (χ4n) is 2.99. The van der Waals surface area contributed by atoms with E-state index in [9.17, 15) is 9.59 Å². The summed E-state index contributed by atoms with van der Waals surface area (Å²) >= 11 is 0. The highest BCUT2D eigenvalue weighted by atomic mass is 16.4.